The van der Waals surface area contributed by atoms with E-state index in [4.69, 9.17) is 19.3 Å². The van der Waals surface area contributed by atoms with Gasteiger partial charge in [0, 0.05) is 6.07 Å². The van der Waals surface area contributed by atoms with Gasteiger partial charge >= 0.3 is 5.97 Å². The normalized spacial score (nSPS) is 12.2. The maximum Gasteiger partial charge on any atom is 0.356 e. The van der Waals surface area contributed by atoms with Gasteiger partial charge in [-0.25, -0.2) is 4.79 Å². The molecule has 3 rings (SSSR count). The van der Waals surface area contributed by atoms with Gasteiger partial charge in [0.2, 0.25) is 12.7 Å². The number of carboxylic acid groups (broad SMARTS) is 1. The van der Waals surface area contributed by atoms with E-state index in [-0.39, 0.29) is 25.0 Å². The summed E-state index contributed by atoms with van der Waals surface area (Å²) in [6.07, 6.45) is 0. The molecule has 0 saturated heterocycles. The number of aromatic nitrogens is 2. The zero-order chi connectivity index (χ0) is 13.9. The van der Waals surface area contributed by atoms with E-state index < -0.39 is 5.97 Å². The highest BCUT2D eigenvalue weighted by molar-refractivity contribution is 5.84. The molecule has 102 valence electrons. The number of rotatable bonds is 4. The topological polar surface area (TPSA) is 90.8 Å². The molecular formula is C13H10N2O5. The molecule has 0 spiro atoms. The molecule has 0 atom stereocenters. The summed E-state index contributed by atoms with van der Waals surface area (Å²) in [6, 6.07) is 8.28. The second kappa shape index (κ2) is 5.04. The van der Waals surface area contributed by atoms with Crippen LogP contribution >= 0.6 is 0 Å². The van der Waals surface area contributed by atoms with Crippen molar-refractivity contribution in [3.05, 3.63) is 41.6 Å². The standard InChI is InChI=1S/C13H10N2O5/c16-13(17)9-2-4-12(15-14-9)18-6-8-1-3-10-11(5-8)20-7-19-10/h1-5H,6-7H2,(H,16,17). The van der Waals surface area contributed by atoms with E-state index in [2.05, 4.69) is 10.2 Å². The van der Waals surface area contributed by atoms with Crippen LogP contribution in [0.2, 0.25) is 0 Å². The lowest BCUT2D eigenvalue weighted by molar-refractivity contribution is 0.0689. The minimum Gasteiger partial charge on any atom is -0.476 e. The van der Waals surface area contributed by atoms with Gasteiger partial charge in [0.25, 0.3) is 0 Å². The van der Waals surface area contributed by atoms with Crippen LogP contribution in [0.3, 0.4) is 0 Å². The Morgan fingerprint density at radius 2 is 2.05 bits per heavy atom. The van der Waals surface area contributed by atoms with Crippen molar-refractivity contribution in [2.45, 2.75) is 6.61 Å². The summed E-state index contributed by atoms with van der Waals surface area (Å²) in [7, 11) is 0. The minimum atomic E-state index is -1.13. The van der Waals surface area contributed by atoms with Gasteiger partial charge in [-0.05, 0) is 23.8 Å². The van der Waals surface area contributed by atoms with Crippen molar-refractivity contribution < 1.29 is 24.1 Å². The number of carbonyl (C=O) groups is 1. The first kappa shape index (κ1) is 12.2. The Morgan fingerprint density at radius 3 is 2.80 bits per heavy atom. The Bertz CT molecular complexity index is 642. The van der Waals surface area contributed by atoms with Crippen molar-refractivity contribution in [3.8, 4) is 17.4 Å². The van der Waals surface area contributed by atoms with Crippen LogP contribution < -0.4 is 14.2 Å². The predicted octanol–water partition coefficient (Wildman–Crippen LogP) is 1.48. The van der Waals surface area contributed by atoms with Crippen molar-refractivity contribution in [2.75, 3.05) is 6.79 Å². The number of aromatic carboxylic acids is 1. The van der Waals surface area contributed by atoms with E-state index in [1.54, 1.807) is 6.07 Å². The Labute approximate surface area is 113 Å². The lowest BCUT2D eigenvalue weighted by atomic mass is 10.2. The summed E-state index contributed by atoms with van der Waals surface area (Å²) >= 11 is 0. The molecule has 20 heavy (non-hydrogen) atoms. The number of hydrogen-bond donors (Lipinski definition) is 1. The maximum atomic E-state index is 10.6. The van der Waals surface area contributed by atoms with Gasteiger partial charge in [-0.2, -0.15) is 0 Å². The number of fused-ring (bicyclic) bond motifs is 1. The highest BCUT2D eigenvalue weighted by Gasteiger charge is 2.13. The summed E-state index contributed by atoms with van der Waals surface area (Å²) in [5, 5.41) is 15.9. The molecular weight excluding hydrogens is 264 g/mol. The molecule has 0 amide bonds. The third-order valence-electron chi connectivity index (χ3n) is 2.68. The quantitative estimate of drug-likeness (QED) is 0.902. The summed E-state index contributed by atoms with van der Waals surface area (Å²) < 4.78 is 15.9. The summed E-state index contributed by atoms with van der Waals surface area (Å²) in [5.41, 5.74) is 0.763. The van der Waals surface area contributed by atoms with Crippen molar-refractivity contribution >= 4 is 5.97 Å². The van der Waals surface area contributed by atoms with Gasteiger partial charge in [-0.15, -0.1) is 10.2 Å². The van der Waals surface area contributed by atoms with Crippen molar-refractivity contribution in [1.82, 2.24) is 10.2 Å². The third kappa shape index (κ3) is 2.46. The van der Waals surface area contributed by atoms with E-state index in [1.807, 2.05) is 12.1 Å². The summed E-state index contributed by atoms with van der Waals surface area (Å²) in [5.74, 6) is 0.519. The molecule has 0 aliphatic carbocycles. The van der Waals surface area contributed by atoms with Crippen LogP contribution in [0.5, 0.6) is 17.4 Å². The van der Waals surface area contributed by atoms with Crippen LogP contribution in [-0.4, -0.2) is 28.1 Å². The van der Waals surface area contributed by atoms with Gasteiger partial charge in [0.05, 0.1) is 0 Å². The van der Waals surface area contributed by atoms with E-state index >= 15 is 0 Å². The van der Waals surface area contributed by atoms with Crippen LogP contribution in [0.4, 0.5) is 0 Å². The monoisotopic (exact) mass is 274 g/mol. The molecule has 0 fully saturated rings. The zero-order valence-electron chi connectivity index (χ0n) is 10.3. The minimum absolute atomic E-state index is 0.125. The number of ether oxygens (including phenoxy) is 3. The Morgan fingerprint density at radius 1 is 1.20 bits per heavy atom. The highest BCUT2D eigenvalue weighted by Crippen LogP contribution is 2.32. The largest absolute Gasteiger partial charge is 0.476 e. The fourth-order valence-electron chi connectivity index (χ4n) is 1.70. The van der Waals surface area contributed by atoms with Gasteiger partial charge in [0.15, 0.2) is 17.2 Å². The Kier molecular flexibility index (Phi) is 3.08. The van der Waals surface area contributed by atoms with Gasteiger partial charge in [-0.3, -0.25) is 0 Å². The first-order valence-corrected chi connectivity index (χ1v) is 5.81. The molecule has 1 aromatic heterocycles. The molecule has 1 aliphatic heterocycles. The zero-order valence-corrected chi connectivity index (χ0v) is 10.3. The van der Waals surface area contributed by atoms with Gasteiger partial charge < -0.3 is 19.3 Å². The molecule has 2 aromatic rings. The fraction of sp³-hybridized carbons (Fsp3) is 0.154. The molecule has 1 N–H and O–H groups in total. The van der Waals surface area contributed by atoms with Gasteiger partial charge in [0.1, 0.15) is 6.61 Å². The molecule has 0 radical (unpaired) electrons. The van der Waals surface area contributed by atoms with Crippen LogP contribution in [0.1, 0.15) is 16.1 Å². The van der Waals surface area contributed by atoms with E-state index in [9.17, 15) is 4.79 Å². The third-order valence-corrected chi connectivity index (χ3v) is 2.68. The predicted molar refractivity (Wildman–Crippen MR) is 65.9 cm³/mol. The lowest BCUT2D eigenvalue weighted by Crippen LogP contribution is -2.04. The van der Waals surface area contributed by atoms with E-state index in [0.29, 0.717) is 11.5 Å². The molecule has 2 heterocycles. The van der Waals surface area contributed by atoms with Crippen LogP contribution in [0.25, 0.3) is 0 Å². The summed E-state index contributed by atoms with van der Waals surface area (Å²) in [4.78, 5) is 10.6. The van der Waals surface area contributed by atoms with Crippen LogP contribution in [-0.2, 0) is 6.61 Å². The van der Waals surface area contributed by atoms with Gasteiger partial charge in [-0.1, -0.05) is 6.07 Å². The Hall–Kier alpha value is -2.83. The molecule has 0 bridgehead atoms. The first-order valence-electron chi connectivity index (χ1n) is 5.81. The van der Waals surface area contributed by atoms with Crippen LogP contribution in [0.15, 0.2) is 30.3 Å². The fourth-order valence-corrected chi connectivity index (χ4v) is 1.70. The average molecular weight is 274 g/mol. The van der Waals surface area contributed by atoms with Crippen molar-refractivity contribution in [1.29, 1.82) is 0 Å². The maximum absolute atomic E-state index is 10.6. The van der Waals surface area contributed by atoms with E-state index in [1.165, 1.54) is 12.1 Å². The lowest BCUT2D eigenvalue weighted by Gasteiger charge is -2.05. The summed E-state index contributed by atoms with van der Waals surface area (Å²) in [6.45, 7) is 0.500. The molecule has 1 aliphatic rings. The van der Waals surface area contributed by atoms with Crippen LogP contribution in [0, 0.1) is 0 Å². The molecule has 1 aromatic carbocycles. The number of nitrogens with zero attached hydrogens (tertiary/aromatic N) is 2. The molecule has 7 nitrogen and oxygen atoms in total. The molecule has 0 saturated carbocycles. The molecule has 7 heteroatoms. The van der Waals surface area contributed by atoms with E-state index in [0.717, 1.165) is 5.56 Å². The number of hydrogen-bond acceptors (Lipinski definition) is 6. The number of carboxylic acids is 1. The number of benzene rings is 1. The highest BCUT2D eigenvalue weighted by atomic mass is 16.7. The smallest absolute Gasteiger partial charge is 0.356 e. The van der Waals surface area contributed by atoms with Crippen molar-refractivity contribution in [2.24, 2.45) is 0 Å². The first-order chi connectivity index (χ1) is 9.72. The second-order valence-corrected chi connectivity index (χ2v) is 4.04. The average Bonchev–Trinajstić information content (AvgIpc) is 2.93. The molecule has 0 unspecified atom stereocenters. The van der Waals surface area contributed by atoms with Crippen molar-refractivity contribution in [3.63, 3.8) is 0 Å². The second-order valence-electron chi connectivity index (χ2n) is 4.04. The Balaban J connectivity index is 1.65. The SMILES string of the molecule is O=C(O)c1ccc(OCc2ccc3c(c2)OCO3)nn1.